The Balaban J connectivity index is 1.79. The summed E-state index contributed by atoms with van der Waals surface area (Å²) < 4.78 is 57.8. The molecule has 8 nitrogen and oxygen atoms in total. The number of benzene rings is 2. The highest BCUT2D eigenvalue weighted by atomic mass is 19.4. The van der Waals surface area contributed by atoms with Crippen LogP contribution in [0.2, 0.25) is 0 Å². The van der Waals surface area contributed by atoms with E-state index >= 15 is 0 Å². The Morgan fingerprint density at radius 1 is 1.03 bits per heavy atom. The fourth-order valence-electron chi connectivity index (χ4n) is 3.41. The molecule has 186 valence electrons. The molecule has 0 saturated heterocycles. The predicted octanol–water partition coefficient (Wildman–Crippen LogP) is 4.00. The summed E-state index contributed by atoms with van der Waals surface area (Å²) in [7, 11) is 2.56. The summed E-state index contributed by atoms with van der Waals surface area (Å²) in [6.45, 7) is 2.80. The van der Waals surface area contributed by atoms with Gasteiger partial charge in [-0.25, -0.2) is 9.48 Å². The normalized spacial score (nSPS) is 11.2. The quantitative estimate of drug-likeness (QED) is 0.479. The zero-order chi connectivity index (χ0) is 25.8. The van der Waals surface area contributed by atoms with Crippen LogP contribution in [0.5, 0.6) is 11.5 Å². The highest BCUT2D eigenvalue weighted by molar-refractivity contribution is 5.94. The van der Waals surface area contributed by atoms with Crippen molar-refractivity contribution in [3.8, 4) is 17.2 Å². The summed E-state index contributed by atoms with van der Waals surface area (Å²) in [5.74, 6) is -0.836. The molecule has 0 aliphatic carbocycles. The van der Waals surface area contributed by atoms with Gasteiger partial charge in [-0.1, -0.05) is 6.07 Å². The Morgan fingerprint density at radius 2 is 1.77 bits per heavy atom. The van der Waals surface area contributed by atoms with Gasteiger partial charge in [0.05, 0.1) is 31.2 Å². The van der Waals surface area contributed by atoms with E-state index < -0.39 is 23.6 Å². The minimum absolute atomic E-state index is 0.0962. The van der Waals surface area contributed by atoms with E-state index in [1.807, 2.05) is 0 Å². The molecule has 0 aliphatic rings. The fourth-order valence-corrected chi connectivity index (χ4v) is 3.41. The lowest BCUT2D eigenvalue weighted by atomic mass is 10.1. The van der Waals surface area contributed by atoms with Gasteiger partial charge < -0.3 is 19.5 Å². The van der Waals surface area contributed by atoms with Crippen molar-refractivity contribution in [2.75, 3.05) is 20.8 Å². The Kier molecular flexibility index (Phi) is 7.68. The summed E-state index contributed by atoms with van der Waals surface area (Å²) in [5, 5.41) is 6.73. The first kappa shape index (κ1) is 25.6. The molecular weight excluding hydrogens is 467 g/mol. The highest BCUT2D eigenvalue weighted by Gasteiger charge is 2.34. The molecular formula is C24H24F3N3O5. The monoisotopic (exact) mass is 491 g/mol. The number of nitrogens with zero attached hydrogens (tertiary/aromatic N) is 2. The Bertz CT molecular complexity index is 1240. The van der Waals surface area contributed by atoms with Crippen molar-refractivity contribution in [3.05, 3.63) is 70.5 Å². The van der Waals surface area contributed by atoms with Gasteiger partial charge in [0.15, 0.2) is 18.1 Å². The van der Waals surface area contributed by atoms with Crippen molar-refractivity contribution < 1.29 is 37.0 Å². The fraction of sp³-hybridized carbons (Fsp3) is 0.292. The lowest BCUT2D eigenvalue weighted by Crippen LogP contribution is -2.25. The Morgan fingerprint density at radius 3 is 2.37 bits per heavy atom. The van der Waals surface area contributed by atoms with Crippen LogP contribution in [0.1, 0.15) is 32.9 Å². The van der Waals surface area contributed by atoms with E-state index in [9.17, 15) is 22.8 Å². The van der Waals surface area contributed by atoms with Crippen LogP contribution in [0.3, 0.4) is 0 Å². The second-order valence-corrected chi connectivity index (χ2v) is 7.59. The van der Waals surface area contributed by atoms with Gasteiger partial charge in [-0.3, -0.25) is 4.79 Å². The van der Waals surface area contributed by atoms with Gasteiger partial charge in [-0.15, -0.1) is 0 Å². The molecule has 0 saturated carbocycles. The first-order valence-electron chi connectivity index (χ1n) is 10.4. The maximum Gasteiger partial charge on any atom is 0.416 e. The summed E-state index contributed by atoms with van der Waals surface area (Å²) in [6.07, 6.45) is -4.63. The molecule has 35 heavy (non-hydrogen) atoms. The zero-order valence-corrected chi connectivity index (χ0v) is 19.5. The maximum absolute atomic E-state index is 13.8. The number of alkyl halides is 3. The number of halogens is 3. The zero-order valence-electron chi connectivity index (χ0n) is 19.5. The number of aromatic nitrogens is 2. The van der Waals surface area contributed by atoms with Gasteiger partial charge in [-0.05, 0) is 55.8 Å². The van der Waals surface area contributed by atoms with Crippen LogP contribution in [0.15, 0.2) is 42.5 Å². The van der Waals surface area contributed by atoms with E-state index in [1.165, 1.54) is 49.2 Å². The third-order valence-electron chi connectivity index (χ3n) is 5.09. The van der Waals surface area contributed by atoms with E-state index in [0.717, 1.165) is 6.07 Å². The second-order valence-electron chi connectivity index (χ2n) is 7.59. The number of rotatable bonds is 8. The summed E-state index contributed by atoms with van der Waals surface area (Å²) in [4.78, 5) is 23.9. The average Bonchev–Trinajstić information content (AvgIpc) is 3.17. The molecule has 1 aromatic heterocycles. The minimum Gasteiger partial charge on any atom is -0.493 e. The molecule has 0 atom stereocenters. The van der Waals surface area contributed by atoms with Crippen LogP contribution < -0.4 is 14.8 Å². The predicted molar refractivity (Wildman–Crippen MR) is 120 cm³/mol. The number of amides is 1. The van der Waals surface area contributed by atoms with Gasteiger partial charge >= 0.3 is 12.1 Å². The molecule has 1 heterocycles. The largest absolute Gasteiger partial charge is 0.493 e. The molecule has 3 aromatic rings. The Hall–Kier alpha value is -4.02. The van der Waals surface area contributed by atoms with Crippen molar-refractivity contribution >= 4 is 11.9 Å². The molecule has 0 radical (unpaired) electrons. The van der Waals surface area contributed by atoms with Crippen molar-refractivity contribution in [2.24, 2.45) is 0 Å². The van der Waals surface area contributed by atoms with Gasteiger partial charge in [-0.2, -0.15) is 18.3 Å². The van der Waals surface area contributed by atoms with Crippen LogP contribution >= 0.6 is 0 Å². The molecule has 0 bridgehead atoms. The molecule has 1 N–H and O–H groups in total. The lowest BCUT2D eigenvalue weighted by Gasteiger charge is -2.16. The molecule has 0 fully saturated rings. The lowest BCUT2D eigenvalue weighted by molar-refractivity contribution is -0.143. The maximum atomic E-state index is 13.8. The van der Waals surface area contributed by atoms with Crippen molar-refractivity contribution in [1.82, 2.24) is 15.1 Å². The SMILES string of the molecule is COC(=O)COc1ccc(C(=O)NCc2ccc(-n3nc(C)cc3C)cc2C(F)(F)F)cc1OC. The summed E-state index contributed by atoms with van der Waals surface area (Å²) in [5.41, 5.74) is 0.827. The molecule has 1 amide bonds. The third-order valence-corrected chi connectivity index (χ3v) is 5.09. The number of nitrogens with one attached hydrogen (secondary N) is 1. The third kappa shape index (κ3) is 6.11. The van der Waals surface area contributed by atoms with Gasteiger partial charge in [0, 0.05) is 17.8 Å². The number of aryl methyl sites for hydroxylation is 2. The van der Waals surface area contributed by atoms with Crippen LogP contribution in [0.4, 0.5) is 13.2 Å². The van der Waals surface area contributed by atoms with Crippen molar-refractivity contribution in [1.29, 1.82) is 0 Å². The molecule has 2 aromatic carbocycles. The smallest absolute Gasteiger partial charge is 0.416 e. The molecule has 0 unspecified atom stereocenters. The average molecular weight is 491 g/mol. The van der Waals surface area contributed by atoms with Crippen LogP contribution in [-0.2, 0) is 22.3 Å². The van der Waals surface area contributed by atoms with Crippen LogP contribution in [0, 0.1) is 13.8 Å². The number of carbonyl (C=O) groups excluding carboxylic acids is 2. The highest BCUT2D eigenvalue weighted by Crippen LogP contribution is 2.34. The standard InChI is InChI=1S/C24H24F3N3O5/c1-14-9-15(2)30(29-14)18-7-5-17(19(11-18)24(25,26)27)12-28-23(32)16-6-8-20(21(10-16)33-3)35-13-22(31)34-4/h5-11H,12-13H2,1-4H3,(H,28,32). The first-order valence-corrected chi connectivity index (χ1v) is 10.4. The van der Waals surface area contributed by atoms with Gasteiger partial charge in [0.1, 0.15) is 0 Å². The van der Waals surface area contributed by atoms with Crippen molar-refractivity contribution in [2.45, 2.75) is 26.6 Å². The molecule has 0 aliphatic heterocycles. The van der Waals surface area contributed by atoms with E-state index in [-0.39, 0.29) is 41.5 Å². The number of hydrogen-bond donors (Lipinski definition) is 1. The molecule has 11 heteroatoms. The van der Waals surface area contributed by atoms with E-state index in [1.54, 1.807) is 19.9 Å². The Labute approximate surface area is 199 Å². The second kappa shape index (κ2) is 10.5. The van der Waals surface area contributed by atoms with E-state index in [4.69, 9.17) is 9.47 Å². The minimum atomic E-state index is -4.63. The van der Waals surface area contributed by atoms with E-state index in [2.05, 4.69) is 15.2 Å². The van der Waals surface area contributed by atoms with E-state index in [0.29, 0.717) is 11.4 Å². The van der Waals surface area contributed by atoms with Crippen LogP contribution in [0.25, 0.3) is 5.69 Å². The number of methoxy groups -OCH3 is 2. The number of esters is 1. The summed E-state index contributed by atoms with van der Waals surface area (Å²) in [6, 6.07) is 9.80. The summed E-state index contributed by atoms with van der Waals surface area (Å²) >= 11 is 0. The number of ether oxygens (including phenoxy) is 3. The van der Waals surface area contributed by atoms with Crippen LogP contribution in [-0.4, -0.2) is 42.5 Å². The number of hydrogen-bond acceptors (Lipinski definition) is 6. The van der Waals surface area contributed by atoms with Crippen molar-refractivity contribution in [3.63, 3.8) is 0 Å². The van der Waals surface area contributed by atoms with Gasteiger partial charge in [0.2, 0.25) is 0 Å². The number of carbonyl (C=O) groups is 2. The topological polar surface area (TPSA) is 91.7 Å². The first-order chi connectivity index (χ1) is 16.5. The van der Waals surface area contributed by atoms with Gasteiger partial charge in [0.25, 0.3) is 5.91 Å². The molecule has 0 spiro atoms. The molecule has 3 rings (SSSR count).